The molecule has 0 saturated carbocycles. The molecule has 5 atom stereocenters. The number of phosphoric acid groups is 2. The van der Waals surface area contributed by atoms with Gasteiger partial charge in [-0.1, -0.05) is 407 Å². The molecule has 0 spiro atoms. The smallest absolute Gasteiger partial charge is 0.462 e. The normalized spacial score (nSPS) is 13.8. The number of hydrogen-bond acceptors (Lipinski definition) is 15. The molecule has 0 aliphatic rings. The lowest BCUT2D eigenvalue weighted by Crippen LogP contribution is -2.30. The number of aliphatic hydroxyl groups excluding tert-OH is 1. The molecular weight excluding hydrogens is 1350 g/mol. The van der Waals surface area contributed by atoms with Gasteiger partial charge < -0.3 is 33.8 Å². The highest BCUT2D eigenvalue weighted by molar-refractivity contribution is 7.47. The molecule has 0 aromatic heterocycles. The number of ether oxygens (including phenoxy) is 4. The van der Waals surface area contributed by atoms with Crippen molar-refractivity contribution in [2.45, 2.75) is 477 Å². The van der Waals surface area contributed by atoms with E-state index in [0.717, 1.165) is 102 Å². The molecule has 0 fully saturated rings. The van der Waals surface area contributed by atoms with Gasteiger partial charge in [0.1, 0.15) is 19.3 Å². The predicted octanol–water partition coefficient (Wildman–Crippen LogP) is 26.0. The van der Waals surface area contributed by atoms with Crippen molar-refractivity contribution in [2.24, 2.45) is 5.92 Å². The molecule has 3 N–H and O–H groups in total. The second-order valence-corrected chi connectivity index (χ2v) is 34.0. The molecule has 0 bridgehead atoms. The molecule has 0 aliphatic heterocycles. The minimum Gasteiger partial charge on any atom is -0.462 e. The topological polar surface area (TPSA) is 237 Å². The zero-order valence-corrected chi connectivity index (χ0v) is 70.0. The van der Waals surface area contributed by atoms with Gasteiger partial charge in [-0.25, -0.2) is 9.13 Å². The molecule has 17 nitrogen and oxygen atoms in total. The van der Waals surface area contributed by atoms with Crippen LogP contribution in [0.2, 0.25) is 0 Å². The Balaban J connectivity index is 5.10. The molecule has 0 aliphatic carbocycles. The summed E-state index contributed by atoms with van der Waals surface area (Å²) in [6, 6.07) is 0. The predicted molar refractivity (Wildman–Crippen MR) is 428 cm³/mol. The summed E-state index contributed by atoms with van der Waals surface area (Å²) in [5.41, 5.74) is 0. The molecule has 618 valence electrons. The van der Waals surface area contributed by atoms with Gasteiger partial charge in [0.15, 0.2) is 12.2 Å². The van der Waals surface area contributed by atoms with Crippen molar-refractivity contribution in [2.75, 3.05) is 39.6 Å². The molecule has 0 amide bonds. The minimum absolute atomic E-state index is 0.108. The third-order valence-electron chi connectivity index (χ3n) is 20.0. The fourth-order valence-electron chi connectivity index (χ4n) is 13.3. The Morgan fingerprint density at radius 1 is 0.260 bits per heavy atom. The van der Waals surface area contributed by atoms with E-state index in [4.69, 9.17) is 37.0 Å². The number of aliphatic hydroxyl groups is 1. The fourth-order valence-corrected chi connectivity index (χ4v) is 14.9. The number of esters is 4. The van der Waals surface area contributed by atoms with E-state index in [9.17, 15) is 43.2 Å². The van der Waals surface area contributed by atoms with Gasteiger partial charge in [0.2, 0.25) is 0 Å². The van der Waals surface area contributed by atoms with Gasteiger partial charge in [-0.3, -0.25) is 37.3 Å². The van der Waals surface area contributed by atoms with Crippen LogP contribution in [-0.2, 0) is 65.4 Å². The van der Waals surface area contributed by atoms with Crippen molar-refractivity contribution in [3.63, 3.8) is 0 Å². The van der Waals surface area contributed by atoms with Gasteiger partial charge in [0.05, 0.1) is 26.4 Å². The van der Waals surface area contributed by atoms with Crippen LogP contribution in [0.4, 0.5) is 0 Å². The number of carbonyl (C=O) groups excluding carboxylic acids is 4. The van der Waals surface area contributed by atoms with Crippen molar-refractivity contribution in [1.82, 2.24) is 0 Å². The highest BCUT2D eigenvalue weighted by atomic mass is 31.2. The maximum atomic E-state index is 13.1. The average Bonchev–Trinajstić information content (AvgIpc) is 0.906. The van der Waals surface area contributed by atoms with Crippen molar-refractivity contribution in [3.05, 3.63) is 0 Å². The molecule has 104 heavy (non-hydrogen) atoms. The zero-order chi connectivity index (χ0) is 76.2. The van der Waals surface area contributed by atoms with Crippen LogP contribution in [0, 0.1) is 5.92 Å². The first kappa shape index (κ1) is 102. The Bertz CT molecular complexity index is 1980. The van der Waals surface area contributed by atoms with Gasteiger partial charge in [-0.2, -0.15) is 0 Å². The van der Waals surface area contributed by atoms with E-state index in [-0.39, 0.29) is 25.7 Å². The maximum absolute atomic E-state index is 13.1. The van der Waals surface area contributed by atoms with Crippen LogP contribution in [0.15, 0.2) is 0 Å². The summed E-state index contributed by atoms with van der Waals surface area (Å²) in [4.78, 5) is 72.9. The molecule has 0 heterocycles. The van der Waals surface area contributed by atoms with Crippen LogP contribution in [0.5, 0.6) is 0 Å². The Hall–Kier alpha value is -1.94. The Morgan fingerprint density at radius 3 is 0.654 bits per heavy atom. The second kappa shape index (κ2) is 77.8. The van der Waals surface area contributed by atoms with Gasteiger partial charge in [0.25, 0.3) is 0 Å². The highest BCUT2D eigenvalue weighted by Gasteiger charge is 2.30. The van der Waals surface area contributed by atoms with Crippen molar-refractivity contribution >= 4 is 39.5 Å². The first-order valence-electron chi connectivity index (χ1n) is 44.1. The van der Waals surface area contributed by atoms with Crippen molar-refractivity contribution in [3.8, 4) is 0 Å². The first-order valence-corrected chi connectivity index (χ1v) is 47.1. The van der Waals surface area contributed by atoms with E-state index >= 15 is 0 Å². The molecule has 0 aromatic carbocycles. The van der Waals surface area contributed by atoms with Crippen LogP contribution in [0.3, 0.4) is 0 Å². The molecule has 0 aromatic rings. The summed E-state index contributed by atoms with van der Waals surface area (Å²) in [6.07, 6.45) is 71.4. The third-order valence-corrected chi connectivity index (χ3v) is 21.9. The molecule has 0 saturated heterocycles. The molecule has 0 radical (unpaired) electrons. The van der Waals surface area contributed by atoms with Crippen LogP contribution < -0.4 is 0 Å². The van der Waals surface area contributed by atoms with Crippen LogP contribution in [-0.4, -0.2) is 96.7 Å². The Kier molecular flexibility index (Phi) is 76.3. The first-order chi connectivity index (χ1) is 50.5. The van der Waals surface area contributed by atoms with E-state index in [1.165, 1.54) is 276 Å². The molecule has 0 rings (SSSR count). The van der Waals surface area contributed by atoms with E-state index in [1.807, 2.05) is 0 Å². The van der Waals surface area contributed by atoms with Gasteiger partial charge in [-0.15, -0.1) is 0 Å². The quantitative estimate of drug-likeness (QED) is 0.0222. The van der Waals surface area contributed by atoms with E-state index in [2.05, 4.69) is 34.6 Å². The van der Waals surface area contributed by atoms with Crippen LogP contribution >= 0.6 is 15.6 Å². The standard InChI is InChI=1S/C85H166O17P2/c1-6-9-12-15-17-19-21-23-25-27-29-30-31-32-34-40-44-48-52-56-61-66-71-85(90)102-81(75-96-83(88)69-64-59-54-50-46-42-38-36-35-37-41-45-49-53-58-62-67-78(4)5)77-100-104(93,94)98-73-79(86)72-97-103(91,92)99-76-80(74-95-82(87)68-63-57-14-11-8-3)101-84(89)70-65-60-55-51-47-43-39-33-28-26-24-22-20-18-16-13-10-7-2/h78-81,86H,6-77H2,1-5H3,(H,91,92)(H,93,94)/t79-,80+,81+/m0/s1. The van der Waals surface area contributed by atoms with E-state index in [0.29, 0.717) is 25.7 Å². The Labute approximate surface area is 638 Å². The summed E-state index contributed by atoms with van der Waals surface area (Å²) >= 11 is 0. The van der Waals surface area contributed by atoms with E-state index < -0.39 is 97.5 Å². The number of unbranched alkanes of at least 4 members (excludes halogenated alkanes) is 57. The minimum atomic E-state index is -4.96. The Morgan fingerprint density at radius 2 is 0.442 bits per heavy atom. The largest absolute Gasteiger partial charge is 0.472 e. The lowest BCUT2D eigenvalue weighted by molar-refractivity contribution is -0.161. The molecule has 19 heteroatoms. The lowest BCUT2D eigenvalue weighted by atomic mass is 10.0. The van der Waals surface area contributed by atoms with E-state index in [1.54, 1.807) is 0 Å². The second-order valence-electron chi connectivity index (χ2n) is 31.1. The summed E-state index contributed by atoms with van der Waals surface area (Å²) in [6.45, 7) is 7.30. The average molecular weight is 1520 g/mol. The van der Waals surface area contributed by atoms with Crippen LogP contribution in [0.1, 0.15) is 458 Å². The summed E-state index contributed by atoms with van der Waals surface area (Å²) in [5.74, 6) is -1.30. The summed E-state index contributed by atoms with van der Waals surface area (Å²) in [5, 5.41) is 10.6. The van der Waals surface area contributed by atoms with Crippen molar-refractivity contribution < 1.29 is 80.2 Å². The summed E-state index contributed by atoms with van der Waals surface area (Å²) < 4.78 is 68.6. The lowest BCUT2D eigenvalue weighted by Gasteiger charge is -2.21. The van der Waals surface area contributed by atoms with Gasteiger partial charge in [-0.05, 0) is 31.6 Å². The number of rotatable bonds is 85. The van der Waals surface area contributed by atoms with Gasteiger partial charge >= 0.3 is 39.5 Å². The highest BCUT2D eigenvalue weighted by Crippen LogP contribution is 2.45. The van der Waals surface area contributed by atoms with Gasteiger partial charge in [0, 0.05) is 25.7 Å². The third kappa shape index (κ3) is 78.2. The summed E-state index contributed by atoms with van der Waals surface area (Å²) in [7, 11) is -9.91. The zero-order valence-electron chi connectivity index (χ0n) is 68.2. The molecule has 2 unspecified atom stereocenters. The van der Waals surface area contributed by atoms with Crippen LogP contribution in [0.25, 0.3) is 0 Å². The number of carbonyl (C=O) groups is 4. The van der Waals surface area contributed by atoms with Crippen molar-refractivity contribution in [1.29, 1.82) is 0 Å². The number of phosphoric ester groups is 2. The monoisotopic (exact) mass is 1520 g/mol. The fraction of sp³-hybridized carbons (Fsp3) is 0.953. The SMILES string of the molecule is CCCCCCCCCCCCCCCCCCCCCCCCC(=O)O[C@H](COC(=O)CCCCCCCCCCCCCCCCCCC(C)C)COP(=O)(O)OC[C@@H](O)COP(=O)(O)OC[C@@H](COC(=O)CCCCCCC)OC(=O)CCCCCCCCCCCCCCCCCCCC. The maximum Gasteiger partial charge on any atom is 0.472 e. The number of hydrogen-bond donors (Lipinski definition) is 3. The molecular formula is C85H166O17P2.